The number of aliphatic hydroxyl groups is 1. The predicted molar refractivity (Wildman–Crippen MR) is 75.1 cm³/mol. The van der Waals surface area contributed by atoms with Crippen molar-refractivity contribution in [1.82, 2.24) is 0 Å². The van der Waals surface area contributed by atoms with Gasteiger partial charge in [0, 0.05) is 6.61 Å². The molecule has 0 aromatic heterocycles. The maximum absolute atomic E-state index is 11.3. The number of carboxylic acids is 1. The van der Waals surface area contributed by atoms with E-state index in [-0.39, 0.29) is 6.61 Å². The SMILES string of the molecule is O=C(O)C(CCCO)Cc1cccc2ccccc12. The average Bonchev–Trinajstić information content (AvgIpc) is 2.43. The van der Waals surface area contributed by atoms with E-state index >= 15 is 0 Å². The molecule has 0 saturated carbocycles. The van der Waals surface area contributed by atoms with Crippen molar-refractivity contribution in [2.75, 3.05) is 6.61 Å². The van der Waals surface area contributed by atoms with Crippen LogP contribution >= 0.6 is 0 Å². The Morgan fingerprint density at radius 3 is 2.58 bits per heavy atom. The van der Waals surface area contributed by atoms with Crippen molar-refractivity contribution in [2.45, 2.75) is 19.3 Å². The van der Waals surface area contributed by atoms with Crippen molar-refractivity contribution in [2.24, 2.45) is 5.92 Å². The normalized spacial score (nSPS) is 12.5. The van der Waals surface area contributed by atoms with Crippen molar-refractivity contribution in [1.29, 1.82) is 0 Å². The van der Waals surface area contributed by atoms with Crippen molar-refractivity contribution in [3.05, 3.63) is 48.0 Å². The zero-order valence-corrected chi connectivity index (χ0v) is 10.7. The lowest BCUT2D eigenvalue weighted by Crippen LogP contribution is -2.17. The standard InChI is InChI=1S/C16H18O3/c17-10-4-8-14(16(18)19)11-13-7-3-6-12-5-1-2-9-15(12)13/h1-3,5-7,9,14,17H,4,8,10-11H2,(H,18,19). The Balaban J connectivity index is 2.26. The smallest absolute Gasteiger partial charge is 0.306 e. The van der Waals surface area contributed by atoms with Crippen LogP contribution in [0.3, 0.4) is 0 Å². The second-order valence-electron chi connectivity index (χ2n) is 4.74. The van der Waals surface area contributed by atoms with Crippen LogP contribution in [0.1, 0.15) is 18.4 Å². The zero-order valence-electron chi connectivity index (χ0n) is 10.7. The molecule has 1 unspecified atom stereocenters. The largest absolute Gasteiger partial charge is 0.481 e. The van der Waals surface area contributed by atoms with Gasteiger partial charge in [0.25, 0.3) is 0 Å². The van der Waals surface area contributed by atoms with Gasteiger partial charge < -0.3 is 10.2 Å². The number of aliphatic hydroxyl groups excluding tert-OH is 1. The first-order chi connectivity index (χ1) is 9.22. The minimum atomic E-state index is -0.790. The van der Waals surface area contributed by atoms with Crippen LogP contribution in [0.2, 0.25) is 0 Å². The van der Waals surface area contributed by atoms with Crippen LogP contribution in [0.15, 0.2) is 42.5 Å². The number of hydrogen-bond donors (Lipinski definition) is 2. The molecule has 3 nitrogen and oxygen atoms in total. The average molecular weight is 258 g/mol. The summed E-state index contributed by atoms with van der Waals surface area (Å²) in [5.74, 6) is -1.22. The van der Waals surface area contributed by atoms with Crippen LogP contribution < -0.4 is 0 Å². The molecule has 0 radical (unpaired) electrons. The molecule has 0 amide bonds. The third-order valence-corrected chi connectivity index (χ3v) is 3.41. The van der Waals surface area contributed by atoms with E-state index in [9.17, 15) is 9.90 Å². The van der Waals surface area contributed by atoms with Gasteiger partial charge in [-0.15, -0.1) is 0 Å². The number of fused-ring (bicyclic) bond motifs is 1. The minimum absolute atomic E-state index is 0.0410. The first-order valence-electron chi connectivity index (χ1n) is 6.52. The highest BCUT2D eigenvalue weighted by Gasteiger charge is 2.18. The van der Waals surface area contributed by atoms with E-state index in [2.05, 4.69) is 0 Å². The molecule has 0 saturated heterocycles. The van der Waals surface area contributed by atoms with Gasteiger partial charge in [0.2, 0.25) is 0 Å². The molecule has 2 aromatic rings. The number of aliphatic carboxylic acids is 1. The molecular weight excluding hydrogens is 240 g/mol. The maximum atomic E-state index is 11.3. The highest BCUT2D eigenvalue weighted by molar-refractivity contribution is 5.86. The van der Waals surface area contributed by atoms with Crippen LogP contribution in [0.5, 0.6) is 0 Å². The molecule has 100 valence electrons. The number of carbonyl (C=O) groups is 1. The van der Waals surface area contributed by atoms with E-state index in [1.54, 1.807) is 0 Å². The molecule has 0 fully saturated rings. The Bertz CT molecular complexity index is 557. The van der Waals surface area contributed by atoms with E-state index < -0.39 is 11.9 Å². The number of benzene rings is 2. The fourth-order valence-electron chi connectivity index (χ4n) is 2.39. The lowest BCUT2D eigenvalue weighted by Gasteiger charge is -2.13. The molecule has 0 aliphatic heterocycles. The Labute approximate surface area is 112 Å². The molecule has 2 N–H and O–H groups in total. The second kappa shape index (κ2) is 6.34. The Kier molecular flexibility index (Phi) is 4.53. The van der Waals surface area contributed by atoms with E-state index in [0.717, 1.165) is 16.3 Å². The number of carboxylic acid groups (broad SMARTS) is 1. The monoisotopic (exact) mass is 258 g/mol. The lowest BCUT2D eigenvalue weighted by atomic mass is 9.92. The maximum Gasteiger partial charge on any atom is 0.306 e. The topological polar surface area (TPSA) is 57.5 Å². The van der Waals surface area contributed by atoms with Crippen molar-refractivity contribution in [3.63, 3.8) is 0 Å². The molecule has 0 heterocycles. The van der Waals surface area contributed by atoms with Crippen LogP contribution in [0.25, 0.3) is 10.8 Å². The second-order valence-corrected chi connectivity index (χ2v) is 4.74. The van der Waals surface area contributed by atoms with Crippen LogP contribution in [0, 0.1) is 5.92 Å². The molecule has 0 spiro atoms. The Morgan fingerprint density at radius 1 is 1.11 bits per heavy atom. The fraction of sp³-hybridized carbons (Fsp3) is 0.312. The summed E-state index contributed by atoms with van der Waals surface area (Å²) < 4.78 is 0. The summed E-state index contributed by atoms with van der Waals surface area (Å²) in [5.41, 5.74) is 1.06. The van der Waals surface area contributed by atoms with Crippen molar-refractivity contribution < 1.29 is 15.0 Å². The van der Waals surface area contributed by atoms with E-state index in [1.807, 2.05) is 42.5 Å². The first kappa shape index (κ1) is 13.6. The van der Waals surface area contributed by atoms with Gasteiger partial charge in [0.05, 0.1) is 5.92 Å². The third kappa shape index (κ3) is 3.32. The van der Waals surface area contributed by atoms with Gasteiger partial charge in [-0.2, -0.15) is 0 Å². The van der Waals surface area contributed by atoms with Crippen molar-refractivity contribution >= 4 is 16.7 Å². The minimum Gasteiger partial charge on any atom is -0.481 e. The van der Waals surface area contributed by atoms with Crippen LogP contribution in [0.4, 0.5) is 0 Å². The van der Waals surface area contributed by atoms with Gasteiger partial charge in [0.1, 0.15) is 0 Å². The zero-order chi connectivity index (χ0) is 13.7. The molecule has 3 heteroatoms. The molecular formula is C16H18O3. The van der Waals surface area contributed by atoms with Gasteiger partial charge in [0.15, 0.2) is 0 Å². The van der Waals surface area contributed by atoms with Crippen LogP contribution in [-0.4, -0.2) is 22.8 Å². The summed E-state index contributed by atoms with van der Waals surface area (Å²) in [7, 11) is 0. The summed E-state index contributed by atoms with van der Waals surface area (Å²) in [6.45, 7) is 0.0410. The summed E-state index contributed by atoms with van der Waals surface area (Å²) in [6, 6.07) is 14.0. The molecule has 1 atom stereocenters. The summed E-state index contributed by atoms with van der Waals surface area (Å²) >= 11 is 0. The first-order valence-corrected chi connectivity index (χ1v) is 6.52. The Hall–Kier alpha value is -1.87. The fourth-order valence-corrected chi connectivity index (χ4v) is 2.39. The number of rotatable bonds is 6. The van der Waals surface area contributed by atoms with E-state index in [0.29, 0.717) is 19.3 Å². The summed E-state index contributed by atoms with van der Waals surface area (Å²) in [6.07, 6.45) is 1.55. The highest BCUT2D eigenvalue weighted by atomic mass is 16.4. The van der Waals surface area contributed by atoms with Gasteiger partial charge in [-0.05, 0) is 35.6 Å². The summed E-state index contributed by atoms with van der Waals surface area (Å²) in [5, 5.41) is 20.3. The van der Waals surface area contributed by atoms with Gasteiger partial charge in [-0.3, -0.25) is 4.79 Å². The molecule has 19 heavy (non-hydrogen) atoms. The predicted octanol–water partition coefficient (Wildman–Crippen LogP) is 2.86. The third-order valence-electron chi connectivity index (χ3n) is 3.41. The van der Waals surface area contributed by atoms with E-state index in [1.165, 1.54) is 0 Å². The molecule has 2 aromatic carbocycles. The number of hydrogen-bond acceptors (Lipinski definition) is 2. The molecule has 0 aliphatic carbocycles. The molecule has 0 aliphatic rings. The lowest BCUT2D eigenvalue weighted by molar-refractivity contribution is -0.142. The quantitative estimate of drug-likeness (QED) is 0.837. The van der Waals surface area contributed by atoms with Crippen LogP contribution in [-0.2, 0) is 11.2 Å². The van der Waals surface area contributed by atoms with Gasteiger partial charge in [-0.25, -0.2) is 0 Å². The Morgan fingerprint density at radius 2 is 1.84 bits per heavy atom. The highest BCUT2D eigenvalue weighted by Crippen LogP contribution is 2.23. The van der Waals surface area contributed by atoms with Gasteiger partial charge in [-0.1, -0.05) is 42.5 Å². The van der Waals surface area contributed by atoms with Gasteiger partial charge >= 0.3 is 5.97 Å². The van der Waals surface area contributed by atoms with E-state index in [4.69, 9.17) is 5.11 Å². The molecule has 0 bridgehead atoms. The summed E-state index contributed by atoms with van der Waals surface area (Å²) in [4.78, 5) is 11.3. The van der Waals surface area contributed by atoms with Crippen molar-refractivity contribution in [3.8, 4) is 0 Å². The molecule has 2 rings (SSSR count).